The Morgan fingerprint density at radius 2 is 1.57 bits per heavy atom. The van der Waals surface area contributed by atoms with E-state index in [-0.39, 0.29) is 5.56 Å². The molecule has 0 aliphatic heterocycles. The van der Waals surface area contributed by atoms with Gasteiger partial charge in [-0.1, -0.05) is 38.5 Å². The van der Waals surface area contributed by atoms with Crippen LogP contribution in [0.4, 0.5) is 0 Å². The van der Waals surface area contributed by atoms with E-state index >= 15 is 0 Å². The predicted molar refractivity (Wildman–Crippen MR) is 116 cm³/mol. The molecular weight excluding hydrogens is 368 g/mol. The summed E-state index contributed by atoms with van der Waals surface area (Å²) in [6.45, 7) is 0. The van der Waals surface area contributed by atoms with Crippen molar-refractivity contribution in [1.29, 1.82) is 0 Å². The molecule has 0 saturated carbocycles. The number of ether oxygens (including phenoxy) is 1. The van der Waals surface area contributed by atoms with Crippen LogP contribution in [-0.2, 0) is 12.8 Å². The van der Waals surface area contributed by atoms with E-state index in [4.69, 9.17) is 4.74 Å². The van der Waals surface area contributed by atoms with E-state index in [2.05, 4.69) is 4.98 Å². The molecule has 1 aromatic carbocycles. The zero-order chi connectivity index (χ0) is 19.3. The highest BCUT2D eigenvalue weighted by Crippen LogP contribution is 2.31. The average Bonchev–Trinajstić information content (AvgIpc) is 3.06. The lowest BCUT2D eigenvalue weighted by molar-refractivity contribution is 0.414. The minimum atomic E-state index is 0.0553. The molecule has 4 rings (SSSR count). The number of benzene rings is 1. The molecule has 2 aromatic heterocycles. The maximum Gasteiger partial charge on any atom is 0.266 e. The molecule has 0 fully saturated rings. The maximum atomic E-state index is 13.4. The van der Waals surface area contributed by atoms with Crippen LogP contribution in [0.15, 0.2) is 35.4 Å². The first kappa shape index (κ1) is 19.2. The Bertz CT molecular complexity index is 988. The summed E-state index contributed by atoms with van der Waals surface area (Å²) < 4.78 is 6.90. The monoisotopic (exact) mass is 396 g/mol. The third-order valence-corrected chi connectivity index (χ3v) is 6.93. The molecule has 148 valence electrons. The van der Waals surface area contributed by atoms with Crippen LogP contribution in [0.1, 0.15) is 61.8 Å². The maximum absolute atomic E-state index is 13.4. The number of hydrogen-bond acceptors (Lipinski definition) is 4. The second-order valence-corrected chi connectivity index (χ2v) is 8.71. The molecule has 5 heteroatoms. The van der Waals surface area contributed by atoms with Crippen LogP contribution in [0, 0.1) is 0 Å². The normalized spacial score (nSPS) is 16.2. The van der Waals surface area contributed by atoms with Gasteiger partial charge in [-0.25, -0.2) is 4.98 Å². The van der Waals surface area contributed by atoms with E-state index in [0.29, 0.717) is 0 Å². The van der Waals surface area contributed by atoms with Crippen molar-refractivity contribution in [3.8, 4) is 11.4 Å². The highest BCUT2D eigenvalue weighted by Gasteiger charge is 2.18. The number of fused-ring (bicyclic) bond motifs is 3. The van der Waals surface area contributed by atoms with Gasteiger partial charge in [-0.2, -0.15) is 0 Å². The number of methoxy groups -OCH3 is 1. The second kappa shape index (κ2) is 8.91. The van der Waals surface area contributed by atoms with Gasteiger partial charge in [0, 0.05) is 4.88 Å². The fourth-order valence-electron chi connectivity index (χ4n) is 4.13. The van der Waals surface area contributed by atoms with Crippen LogP contribution in [0.3, 0.4) is 0 Å². The predicted octanol–water partition coefficient (Wildman–Crippen LogP) is 5.68. The van der Waals surface area contributed by atoms with Crippen LogP contribution >= 0.6 is 11.3 Å². The Morgan fingerprint density at radius 1 is 0.929 bits per heavy atom. The van der Waals surface area contributed by atoms with E-state index in [0.717, 1.165) is 40.9 Å². The summed E-state index contributed by atoms with van der Waals surface area (Å²) >= 11 is 1.73. The third-order valence-electron chi connectivity index (χ3n) is 5.73. The highest BCUT2D eigenvalue weighted by molar-refractivity contribution is 7.18. The molecule has 0 bridgehead atoms. The molecule has 4 nitrogen and oxygen atoms in total. The van der Waals surface area contributed by atoms with Gasteiger partial charge in [0.05, 0.1) is 18.2 Å². The van der Waals surface area contributed by atoms with E-state index < -0.39 is 0 Å². The Morgan fingerprint density at radius 3 is 2.25 bits per heavy atom. The highest BCUT2D eigenvalue weighted by atomic mass is 32.1. The van der Waals surface area contributed by atoms with Gasteiger partial charge in [-0.15, -0.1) is 11.3 Å². The Labute approximate surface area is 170 Å². The number of hydrogen-bond donors (Lipinski definition) is 0. The van der Waals surface area contributed by atoms with Gasteiger partial charge in [0.2, 0.25) is 0 Å². The van der Waals surface area contributed by atoms with Crippen molar-refractivity contribution >= 4 is 21.6 Å². The summed E-state index contributed by atoms with van der Waals surface area (Å²) in [6, 6.07) is 7.58. The van der Waals surface area contributed by atoms with Crippen LogP contribution in [-0.4, -0.2) is 16.7 Å². The number of thiophene rings is 1. The first-order valence-electron chi connectivity index (χ1n) is 10.4. The molecule has 0 saturated heterocycles. The standard InChI is InChI=1S/C23H28N2O2S/c1-27-18-14-12-17(13-15-18)25-16-24-22-21(23(25)26)19-10-8-6-4-2-3-5-7-9-11-20(19)28-22/h12-16H,2-11H2,1H3. The topological polar surface area (TPSA) is 44.1 Å². The average molecular weight is 397 g/mol. The smallest absolute Gasteiger partial charge is 0.266 e. The first-order valence-corrected chi connectivity index (χ1v) is 11.3. The molecule has 28 heavy (non-hydrogen) atoms. The summed E-state index contributed by atoms with van der Waals surface area (Å²) in [5.41, 5.74) is 2.15. The lowest BCUT2D eigenvalue weighted by Gasteiger charge is -2.09. The van der Waals surface area contributed by atoms with Gasteiger partial charge in [-0.05, 0) is 55.5 Å². The van der Waals surface area contributed by atoms with Crippen LogP contribution in [0.2, 0.25) is 0 Å². The van der Waals surface area contributed by atoms with Gasteiger partial charge in [0.1, 0.15) is 16.9 Å². The van der Waals surface area contributed by atoms with Crippen LogP contribution in [0.5, 0.6) is 5.75 Å². The lowest BCUT2D eigenvalue weighted by Crippen LogP contribution is -2.19. The van der Waals surface area contributed by atoms with Crippen molar-refractivity contribution < 1.29 is 4.74 Å². The van der Waals surface area contributed by atoms with Crippen molar-refractivity contribution in [2.45, 2.75) is 64.2 Å². The zero-order valence-corrected chi connectivity index (χ0v) is 17.4. The van der Waals surface area contributed by atoms with E-state index in [1.807, 2.05) is 24.3 Å². The summed E-state index contributed by atoms with van der Waals surface area (Å²) in [6.07, 6.45) is 14.0. The molecule has 1 aliphatic rings. The molecule has 2 heterocycles. The van der Waals surface area contributed by atoms with Crippen LogP contribution in [0.25, 0.3) is 15.9 Å². The fourth-order valence-corrected chi connectivity index (χ4v) is 5.35. The fraction of sp³-hybridized carbons (Fsp3) is 0.478. The summed E-state index contributed by atoms with van der Waals surface area (Å²) in [5, 5.41) is 0.843. The van der Waals surface area contributed by atoms with Crippen molar-refractivity contribution in [1.82, 2.24) is 9.55 Å². The van der Waals surface area contributed by atoms with Gasteiger partial charge >= 0.3 is 0 Å². The van der Waals surface area contributed by atoms with Gasteiger partial charge in [0.15, 0.2) is 0 Å². The molecule has 0 radical (unpaired) electrons. The van der Waals surface area contributed by atoms with E-state index in [9.17, 15) is 4.79 Å². The lowest BCUT2D eigenvalue weighted by atomic mass is 9.99. The van der Waals surface area contributed by atoms with Crippen molar-refractivity contribution in [3.63, 3.8) is 0 Å². The Hall–Kier alpha value is -2.14. The quantitative estimate of drug-likeness (QED) is 0.560. The number of aryl methyl sites for hydroxylation is 2. The minimum absolute atomic E-state index is 0.0553. The van der Waals surface area contributed by atoms with Gasteiger partial charge in [-0.3, -0.25) is 9.36 Å². The molecule has 0 spiro atoms. The van der Waals surface area contributed by atoms with E-state index in [1.54, 1.807) is 29.3 Å². The van der Waals surface area contributed by atoms with E-state index in [1.165, 1.54) is 55.4 Å². The molecule has 0 atom stereocenters. The Kier molecular flexibility index (Phi) is 6.10. The summed E-state index contributed by atoms with van der Waals surface area (Å²) in [5.74, 6) is 0.783. The molecule has 0 unspecified atom stereocenters. The van der Waals surface area contributed by atoms with Gasteiger partial charge < -0.3 is 4.74 Å². The first-order chi connectivity index (χ1) is 13.8. The second-order valence-electron chi connectivity index (χ2n) is 7.63. The molecule has 0 N–H and O–H groups in total. The third kappa shape index (κ3) is 4.00. The molecule has 0 amide bonds. The SMILES string of the molecule is COc1ccc(-n2cnc3sc4c(c3c2=O)CCCCCCCCCC4)cc1. The number of nitrogens with zero attached hydrogens (tertiary/aromatic N) is 2. The number of rotatable bonds is 2. The molecular formula is C23H28N2O2S. The molecule has 1 aliphatic carbocycles. The summed E-state index contributed by atoms with van der Waals surface area (Å²) in [7, 11) is 1.65. The Balaban J connectivity index is 1.75. The van der Waals surface area contributed by atoms with Crippen LogP contribution < -0.4 is 10.3 Å². The van der Waals surface area contributed by atoms with Crippen molar-refractivity contribution in [2.24, 2.45) is 0 Å². The largest absolute Gasteiger partial charge is 0.497 e. The minimum Gasteiger partial charge on any atom is -0.497 e. The molecule has 3 aromatic rings. The zero-order valence-electron chi connectivity index (χ0n) is 16.6. The number of aromatic nitrogens is 2. The van der Waals surface area contributed by atoms with Gasteiger partial charge in [0.25, 0.3) is 5.56 Å². The van der Waals surface area contributed by atoms with Crippen molar-refractivity contribution in [2.75, 3.05) is 7.11 Å². The summed E-state index contributed by atoms with van der Waals surface area (Å²) in [4.78, 5) is 20.3. The van der Waals surface area contributed by atoms with Crippen molar-refractivity contribution in [3.05, 3.63) is 51.4 Å².